The van der Waals surface area contributed by atoms with E-state index in [1.54, 1.807) is 24.3 Å². The van der Waals surface area contributed by atoms with Crippen LogP contribution in [0, 0.1) is 0 Å². The zero-order valence-corrected chi connectivity index (χ0v) is 17.1. The molecule has 29 heavy (non-hydrogen) atoms. The van der Waals surface area contributed by atoms with Crippen LogP contribution in [0.3, 0.4) is 0 Å². The minimum absolute atomic E-state index is 0.0229. The van der Waals surface area contributed by atoms with Crippen LogP contribution in [0.15, 0.2) is 54.6 Å². The average molecular weight is 412 g/mol. The Hall–Kier alpha value is -2.37. The molecule has 2 aliphatic heterocycles. The van der Waals surface area contributed by atoms with Crippen molar-refractivity contribution in [1.29, 1.82) is 0 Å². The van der Waals surface area contributed by atoms with Gasteiger partial charge < -0.3 is 10.6 Å². The lowest BCUT2D eigenvalue weighted by Crippen LogP contribution is -2.51. The van der Waals surface area contributed by atoms with E-state index in [1.165, 1.54) is 18.4 Å². The van der Waals surface area contributed by atoms with Crippen molar-refractivity contribution in [3.63, 3.8) is 0 Å². The minimum atomic E-state index is -0.291. The molecule has 2 amide bonds. The highest BCUT2D eigenvalue weighted by atomic mass is 35.5. The summed E-state index contributed by atoms with van der Waals surface area (Å²) in [5, 5.41) is 6.29. The van der Waals surface area contributed by atoms with Gasteiger partial charge in [-0.05, 0) is 49.4 Å². The van der Waals surface area contributed by atoms with E-state index in [-0.39, 0.29) is 24.4 Å². The van der Waals surface area contributed by atoms with Crippen molar-refractivity contribution in [2.75, 3.05) is 6.54 Å². The third-order valence-electron chi connectivity index (χ3n) is 5.95. The molecule has 0 radical (unpaired) electrons. The van der Waals surface area contributed by atoms with E-state index < -0.39 is 0 Å². The summed E-state index contributed by atoms with van der Waals surface area (Å²) in [4.78, 5) is 27.1. The van der Waals surface area contributed by atoms with Crippen LogP contribution in [0.5, 0.6) is 0 Å². The molecular weight excluding hydrogens is 386 g/mol. The Balaban J connectivity index is 1.26. The largest absolute Gasteiger partial charge is 0.352 e. The lowest BCUT2D eigenvalue weighted by Gasteiger charge is -2.39. The van der Waals surface area contributed by atoms with Gasteiger partial charge in [-0.1, -0.05) is 48.0 Å². The number of piperidine rings is 1. The first-order valence-corrected chi connectivity index (χ1v) is 10.6. The fourth-order valence-electron chi connectivity index (χ4n) is 4.62. The van der Waals surface area contributed by atoms with Crippen LogP contribution >= 0.6 is 11.6 Å². The smallest absolute Gasteiger partial charge is 0.251 e. The first kappa shape index (κ1) is 19.9. The molecule has 5 nitrogen and oxygen atoms in total. The van der Waals surface area contributed by atoms with Gasteiger partial charge in [0.05, 0.1) is 6.54 Å². The topological polar surface area (TPSA) is 61.4 Å². The summed E-state index contributed by atoms with van der Waals surface area (Å²) in [6, 6.07) is 18.5. The molecule has 2 saturated heterocycles. The van der Waals surface area contributed by atoms with Crippen molar-refractivity contribution in [3.8, 4) is 0 Å². The summed E-state index contributed by atoms with van der Waals surface area (Å²) >= 11 is 5.91. The third kappa shape index (κ3) is 4.98. The summed E-state index contributed by atoms with van der Waals surface area (Å²) in [6.07, 6.45) is 4.32. The van der Waals surface area contributed by atoms with Gasteiger partial charge in [-0.15, -0.1) is 0 Å². The van der Waals surface area contributed by atoms with Crippen LogP contribution in [-0.4, -0.2) is 41.4 Å². The molecule has 2 heterocycles. The number of fused-ring (bicyclic) bond motifs is 2. The Labute approximate surface area is 176 Å². The Morgan fingerprint density at radius 1 is 1.00 bits per heavy atom. The Bertz CT molecular complexity index is 859. The van der Waals surface area contributed by atoms with Crippen LogP contribution < -0.4 is 10.6 Å². The predicted molar refractivity (Wildman–Crippen MR) is 114 cm³/mol. The summed E-state index contributed by atoms with van der Waals surface area (Å²) in [5.41, 5.74) is 1.80. The number of amides is 2. The number of rotatable bonds is 6. The first-order valence-electron chi connectivity index (χ1n) is 10.2. The molecule has 0 saturated carbocycles. The van der Waals surface area contributed by atoms with E-state index in [0.29, 0.717) is 22.7 Å². The average Bonchev–Trinajstić information content (AvgIpc) is 2.95. The quantitative estimate of drug-likeness (QED) is 0.766. The lowest BCUT2D eigenvalue weighted by atomic mass is 9.96. The molecule has 2 aliphatic rings. The van der Waals surface area contributed by atoms with Crippen LogP contribution in [0.4, 0.5) is 0 Å². The summed E-state index contributed by atoms with van der Waals surface area (Å²) < 4.78 is 0. The highest BCUT2D eigenvalue weighted by molar-refractivity contribution is 6.30. The number of halogens is 1. The van der Waals surface area contributed by atoms with Crippen LogP contribution in [0.1, 0.15) is 41.6 Å². The van der Waals surface area contributed by atoms with Gasteiger partial charge in [0.1, 0.15) is 0 Å². The number of hydrogen-bond donors (Lipinski definition) is 2. The van der Waals surface area contributed by atoms with Crippen LogP contribution in [0.25, 0.3) is 0 Å². The molecule has 2 aromatic rings. The number of benzene rings is 2. The van der Waals surface area contributed by atoms with E-state index in [4.69, 9.17) is 11.6 Å². The number of nitrogens with one attached hydrogen (secondary N) is 2. The highest BCUT2D eigenvalue weighted by Crippen LogP contribution is 2.36. The molecule has 152 valence electrons. The van der Waals surface area contributed by atoms with Crippen molar-refractivity contribution < 1.29 is 9.59 Å². The SMILES string of the molecule is O=C(CNC(=O)c1cccc(Cl)c1)NC1C[C@H]2CC[C@@H](C1)N2Cc1ccccc1. The predicted octanol–water partition coefficient (Wildman–Crippen LogP) is 3.38. The van der Waals surface area contributed by atoms with Crippen LogP contribution in [-0.2, 0) is 11.3 Å². The minimum Gasteiger partial charge on any atom is -0.352 e. The molecular formula is C23H26ClN3O2. The molecule has 2 aromatic carbocycles. The van der Waals surface area contributed by atoms with Crippen molar-refractivity contribution in [1.82, 2.24) is 15.5 Å². The monoisotopic (exact) mass is 411 g/mol. The highest BCUT2D eigenvalue weighted by Gasteiger charge is 2.40. The molecule has 2 N–H and O–H groups in total. The van der Waals surface area contributed by atoms with Gasteiger partial charge in [-0.2, -0.15) is 0 Å². The Kier molecular flexibility index (Phi) is 6.16. The zero-order valence-electron chi connectivity index (χ0n) is 16.3. The summed E-state index contributed by atoms with van der Waals surface area (Å²) in [5.74, 6) is -0.429. The zero-order chi connectivity index (χ0) is 20.2. The van der Waals surface area contributed by atoms with Crippen LogP contribution in [0.2, 0.25) is 5.02 Å². The second kappa shape index (κ2) is 8.97. The van der Waals surface area contributed by atoms with Gasteiger partial charge in [-0.3, -0.25) is 14.5 Å². The van der Waals surface area contributed by atoms with Gasteiger partial charge in [-0.25, -0.2) is 0 Å². The first-order chi connectivity index (χ1) is 14.1. The van der Waals surface area contributed by atoms with Gasteiger partial charge in [0.15, 0.2) is 0 Å². The summed E-state index contributed by atoms with van der Waals surface area (Å²) in [7, 11) is 0. The normalized spacial score (nSPS) is 23.6. The molecule has 0 aliphatic carbocycles. The van der Waals surface area contributed by atoms with E-state index in [0.717, 1.165) is 19.4 Å². The number of hydrogen-bond acceptors (Lipinski definition) is 3. The molecule has 0 spiro atoms. The van der Waals surface area contributed by atoms with E-state index in [2.05, 4.69) is 39.8 Å². The number of carbonyl (C=O) groups is 2. The van der Waals surface area contributed by atoms with E-state index in [9.17, 15) is 9.59 Å². The molecule has 3 atom stereocenters. The molecule has 6 heteroatoms. The number of nitrogens with zero attached hydrogens (tertiary/aromatic N) is 1. The van der Waals surface area contributed by atoms with Gasteiger partial charge in [0, 0.05) is 35.3 Å². The molecule has 1 unspecified atom stereocenters. The Morgan fingerprint density at radius 2 is 1.72 bits per heavy atom. The summed E-state index contributed by atoms with van der Waals surface area (Å²) in [6.45, 7) is 0.956. The lowest BCUT2D eigenvalue weighted by molar-refractivity contribution is -0.121. The second-order valence-electron chi connectivity index (χ2n) is 7.97. The van der Waals surface area contributed by atoms with Crippen molar-refractivity contribution in [2.24, 2.45) is 0 Å². The second-order valence-corrected chi connectivity index (χ2v) is 8.41. The maximum absolute atomic E-state index is 12.4. The molecule has 2 fully saturated rings. The van der Waals surface area contributed by atoms with Crippen molar-refractivity contribution in [3.05, 3.63) is 70.7 Å². The van der Waals surface area contributed by atoms with E-state index in [1.807, 2.05) is 6.07 Å². The van der Waals surface area contributed by atoms with E-state index >= 15 is 0 Å². The van der Waals surface area contributed by atoms with Gasteiger partial charge in [0.2, 0.25) is 5.91 Å². The molecule has 4 rings (SSSR count). The Morgan fingerprint density at radius 3 is 2.41 bits per heavy atom. The molecule has 2 bridgehead atoms. The van der Waals surface area contributed by atoms with Gasteiger partial charge in [0.25, 0.3) is 5.91 Å². The fourth-order valence-corrected chi connectivity index (χ4v) is 4.81. The maximum Gasteiger partial charge on any atom is 0.251 e. The van der Waals surface area contributed by atoms with Crippen molar-refractivity contribution in [2.45, 2.75) is 50.4 Å². The maximum atomic E-state index is 12.4. The standard InChI is InChI=1S/C23H26ClN3O2/c24-18-8-4-7-17(11-18)23(29)25-14-22(28)26-19-12-20-9-10-21(13-19)27(20)15-16-5-2-1-3-6-16/h1-8,11,19-21H,9-10,12-15H2,(H,25,29)(H,26,28)/t19?,20-,21+. The fraction of sp³-hybridized carbons (Fsp3) is 0.391. The van der Waals surface area contributed by atoms with Gasteiger partial charge >= 0.3 is 0 Å². The number of carbonyl (C=O) groups excluding carboxylic acids is 2. The molecule has 0 aromatic heterocycles. The van der Waals surface area contributed by atoms with Crippen molar-refractivity contribution >= 4 is 23.4 Å². The third-order valence-corrected chi connectivity index (χ3v) is 6.19.